The van der Waals surface area contributed by atoms with Crippen LogP contribution in [0.2, 0.25) is 0 Å². The third-order valence-corrected chi connectivity index (χ3v) is 10.7. The predicted octanol–water partition coefficient (Wildman–Crippen LogP) is 2.86. The maximum atomic E-state index is 11.6. The third kappa shape index (κ3) is 17.3. The minimum atomic E-state index is -0.949. The average Bonchev–Trinajstić information content (AvgIpc) is 4.09. The molecule has 3 aliphatic heterocycles. The van der Waals surface area contributed by atoms with Gasteiger partial charge in [-0.3, -0.25) is 14.4 Å². The summed E-state index contributed by atoms with van der Waals surface area (Å²) in [6.45, 7) is 14.9. The van der Waals surface area contributed by atoms with Gasteiger partial charge in [0.25, 0.3) is 0 Å². The molecule has 72 heavy (non-hydrogen) atoms. The second kappa shape index (κ2) is 28.5. The van der Waals surface area contributed by atoms with Crippen LogP contribution in [0.15, 0.2) is 51.4 Å². The van der Waals surface area contributed by atoms with E-state index in [4.69, 9.17) is 56.8 Å². The molecule has 24 nitrogen and oxygen atoms in total. The standard InChI is InChI=1S/3C16H22N2O6/c3*1-11(19)16(2)10-24-15(18-16)14-12(20)4-5-13(17-14)23-9-8-22-7-6-21-3/h3*4-5,20H,6-10H2,1-3H3/t3*16-/m111/s1. The van der Waals surface area contributed by atoms with Gasteiger partial charge in [-0.05, 0) is 59.7 Å². The van der Waals surface area contributed by atoms with Crippen molar-refractivity contribution in [3.05, 3.63) is 53.5 Å². The number of hydrogen-bond donors (Lipinski definition) is 3. The van der Waals surface area contributed by atoms with E-state index in [1.165, 1.54) is 57.2 Å². The fourth-order valence-electron chi connectivity index (χ4n) is 5.76. The lowest BCUT2D eigenvalue weighted by Gasteiger charge is -2.12. The summed E-state index contributed by atoms with van der Waals surface area (Å²) in [5, 5.41) is 29.9. The van der Waals surface area contributed by atoms with Crippen LogP contribution in [0, 0.1) is 0 Å². The molecular weight excluding hydrogens is 949 g/mol. The first-order valence-corrected chi connectivity index (χ1v) is 22.8. The van der Waals surface area contributed by atoms with Gasteiger partial charge < -0.3 is 72.2 Å². The van der Waals surface area contributed by atoms with Crippen molar-refractivity contribution in [3.63, 3.8) is 0 Å². The number of aromatic hydroxyl groups is 3. The molecule has 3 atom stereocenters. The Bertz CT molecular complexity index is 2110. The molecule has 0 bridgehead atoms. The summed E-state index contributed by atoms with van der Waals surface area (Å²) in [5.41, 5.74) is -2.39. The van der Waals surface area contributed by atoms with E-state index in [-0.39, 0.29) is 89.2 Å². The number of aliphatic imine (C=N–C) groups is 3. The molecule has 0 spiro atoms. The molecule has 0 saturated carbocycles. The van der Waals surface area contributed by atoms with Crippen molar-refractivity contribution in [2.24, 2.45) is 15.0 Å². The Labute approximate surface area is 417 Å². The van der Waals surface area contributed by atoms with Crippen LogP contribution in [0.5, 0.6) is 34.9 Å². The Hall–Kier alpha value is -6.57. The SMILES string of the molecule is COCCOCCOc1ccc(O)c(C2=N[C@@](C)(C(C)=O)CO2)n1.COCCOCCOc1ccc(O)c(C2=N[C@@](C)(C(C)=O)CO2)n1.COCCOCCOc1ccc(O)c(C2=N[C@@](C)(C(C)=O)CO2)n1. The molecule has 6 rings (SSSR count). The van der Waals surface area contributed by atoms with E-state index in [1.807, 2.05) is 0 Å². The van der Waals surface area contributed by atoms with E-state index in [0.29, 0.717) is 96.9 Å². The average molecular weight is 1020 g/mol. The number of methoxy groups -OCH3 is 3. The normalized spacial score (nSPS) is 19.7. The highest BCUT2D eigenvalue weighted by atomic mass is 16.6. The first-order valence-electron chi connectivity index (χ1n) is 22.8. The fraction of sp³-hybridized carbons (Fsp3) is 0.562. The van der Waals surface area contributed by atoms with Crippen molar-refractivity contribution in [2.75, 3.05) is 120 Å². The Kier molecular flexibility index (Phi) is 22.9. The number of aromatic nitrogens is 3. The van der Waals surface area contributed by atoms with Crippen LogP contribution >= 0.6 is 0 Å². The second-order valence-electron chi connectivity index (χ2n) is 16.5. The molecule has 0 unspecified atom stereocenters. The quantitative estimate of drug-likeness (QED) is 0.0925. The van der Waals surface area contributed by atoms with Crippen LogP contribution in [-0.4, -0.2) is 202 Å². The molecular formula is C48H66N6O18. The minimum absolute atomic E-state index is 0.0924. The van der Waals surface area contributed by atoms with Gasteiger partial charge in [0.05, 0.1) is 59.5 Å². The Morgan fingerprint density at radius 3 is 0.917 bits per heavy atom. The van der Waals surface area contributed by atoms with Crippen LogP contribution in [0.3, 0.4) is 0 Å². The van der Waals surface area contributed by atoms with Gasteiger partial charge in [-0.25, -0.2) is 29.9 Å². The van der Waals surface area contributed by atoms with E-state index in [0.717, 1.165) is 0 Å². The molecule has 0 aromatic carbocycles. The number of ether oxygens (including phenoxy) is 12. The molecule has 0 fully saturated rings. The topological polar surface area (TPSA) is 298 Å². The maximum absolute atomic E-state index is 11.6. The van der Waals surface area contributed by atoms with Crippen molar-refractivity contribution in [3.8, 4) is 34.9 Å². The Balaban J connectivity index is 0.000000234. The van der Waals surface area contributed by atoms with E-state index >= 15 is 0 Å². The lowest BCUT2D eigenvalue weighted by molar-refractivity contribution is -0.122. The summed E-state index contributed by atoms with van der Waals surface area (Å²) in [4.78, 5) is 60.2. The summed E-state index contributed by atoms with van der Waals surface area (Å²) >= 11 is 0. The molecule has 3 aliphatic rings. The fourth-order valence-corrected chi connectivity index (χ4v) is 5.76. The molecule has 0 radical (unpaired) electrons. The number of pyridine rings is 3. The molecule has 0 saturated heterocycles. The lowest BCUT2D eigenvalue weighted by Crippen LogP contribution is -2.32. The Morgan fingerprint density at radius 2 is 0.694 bits per heavy atom. The third-order valence-electron chi connectivity index (χ3n) is 10.7. The zero-order chi connectivity index (χ0) is 52.7. The van der Waals surface area contributed by atoms with E-state index in [9.17, 15) is 29.7 Å². The highest BCUT2D eigenvalue weighted by Gasteiger charge is 2.40. The highest BCUT2D eigenvalue weighted by Crippen LogP contribution is 2.30. The molecule has 0 amide bonds. The zero-order valence-corrected chi connectivity index (χ0v) is 42.2. The van der Waals surface area contributed by atoms with Gasteiger partial charge >= 0.3 is 0 Å². The van der Waals surface area contributed by atoms with Crippen molar-refractivity contribution in [1.29, 1.82) is 0 Å². The van der Waals surface area contributed by atoms with E-state index in [1.54, 1.807) is 42.1 Å². The van der Waals surface area contributed by atoms with Crippen LogP contribution in [-0.2, 0) is 57.0 Å². The summed E-state index contributed by atoms with van der Waals surface area (Å²) in [6, 6.07) is 8.94. The minimum Gasteiger partial charge on any atom is -0.505 e. The molecule has 0 aliphatic carbocycles. The smallest absolute Gasteiger partial charge is 0.240 e. The summed E-state index contributed by atoms with van der Waals surface area (Å²) in [5.74, 6) is 0.696. The van der Waals surface area contributed by atoms with Gasteiger partial charge in [-0.15, -0.1) is 0 Å². The highest BCUT2D eigenvalue weighted by molar-refractivity contribution is 6.02. The number of carbonyl (C=O) groups is 3. The van der Waals surface area contributed by atoms with E-state index < -0.39 is 16.6 Å². The first kappa shape index (κ1) is 58.0. The number of hydrogen-bond acceptors (Lipinski definition) is 24. The molecule has 3 N–H and O–H groups in total. The van der Waals surface area contributed by atoms with E-state index in [2.05, 4.69) is 29.9 Å². The number of ketones is 3. The number of Topliss-reactive ketones (excluding diaryl/α,β-unsaturated/α-hetero) is 3. The monoisotopic (exact) mass is 1010 g/mol. The summed E-state index contributed by atoms with van der Waals surface area (Å²) in [7, 11) is 4.81. The van der Waals surface area contributed by atoms with Gasteiger partial charge in [-0.1, -0.05) is 0 Å². The molecule has 24 heteroatoms. The largest absolute Gasteiger partial charge is 0.505 e. The van der Waals surface area contributed by atoms with Gasteiger partial charge in [0.2, 0.25) is 35.3 Å². The first-order chi connectivity index (χ1) is 34.4. The second-order valence-corrected chi connectivity index (χ2v) is 16.5. The van der Waals surface area contributed by atoms with Crippen LogP contribution in [0.1, 0.15) is 58.6 Å². The molecule has 396 valence electrons. The van der Waals surface area contributed by atoms with Gasteiger partial charge in [-0.2, -0.15) is 0 Å². The van der Waals surface area contributed by atoms with Gasteiger partial charge in [0.1, 0.15) is 56.9 Å². The van der Waals surface area contributed by atoms with Crippen LogP contribution < -0.4 is 14.2 Å². The van der Waals surface area contributed by atoms with Gasteiger partial charge in [0, 0.05) is 39.5 Å². The molecule has 3 aromatic heterocycles. The number of nitrogens with zero attached hydrogens (tertiary/aromatic N) is 6. The number of rotatable bonds is 27. The molecule has 6 heterocycles. The predicted molar refractivity (Wildman–Crippen MR) is 257 cm³/mol. The van der Waals surface area contributed by atoms with Crippen LogP contribution in [0.4, 0.5) is 0 Å². The molecule has 3 aromatic rings. The summed E-state index contributed by atoms with van der Waals surface area (Å²) < 4.78 is 63.2. The van der Waals surface area contributed by atoms with Crippen molar-refractivity contribution in [2.45, 2.75) is 58.2 Å². The zero-order valence-electron chi connectivity index (χ0n) is 42.2. The van der Waals surface area contributed by atoms with Crippen LogP contribution in [0.25, 0.3) is 0 Å². The maximum Gasteiger partial charge on any atom is 0.240 e. The van der Waals surface area contributed by atoms with Gasteiger partial charge in [0.15, 0.2) is 51.0 Å². The lowest BCUT2D eigenvalue weighted by atomic mass is 10.0. The number of carbonyl (C=O) groups excluding carboxylic acids is 3. The van der Waals surface area contributed by atoms with Crippen molar-refractivity contribution in [1.82, 2.24) is 15.0 Å². The van der Waals surface area contributed by atoms with Crippen molar-refractivity contribution >= 4 is 35.0 Å². The Morgan fingerprint density at radius 1 is 0.444 bits per heavy atom. The summed E-state index contributed by atoms with van der Waals surface area (Å²) in [6.07, 6.45) is 0. The van der Waals surface area contributed by atoms with Crippen molar-refractivity contribution < 1.29 is 86.5 Å².